The molecule has 166 valence electrons. The maximum absolute atomic E-state index is 12.9. The van der Waals surface area contributed by atoms with Gasteiger partial charge in [-0.2, -0.15) is 0 Å². The molecule has 0 radical (unpaired) electrons. The Bertz CT molecular complexity index is 1110. The molecule has 2 heterocycles. The van der Waals surface area contributed by atoms with Crippen molar-refractivity contribution < 1.29 is 14.3 Å². The number of para-hydroxylation sites is 1. The number of methoxy groups -OCH3 is 2. The van der Waals surface area contributed by atoms with Crippen molar-refractivity contribution >= 4 is 39.2 Å². The van der Waals surface area contributed by atoms with E-state index in [0.717, 1.165) is 12.0 Å². The number of nitrogens with one attached hydrogen (secondary N) is 1. The van der Waals surface area contributed by atoms with Crippen LogP contribution in [0.15, 0.2) is 39.6 Å². The largest absolute Gasteiger partial charge is 0.493 e. The van der Waals surface area contributed by atoms with Crippen LogP contribution in [0.2, 0.25) is 0 Å². The van der Waals surface area contributed by atoms with E-state index in [0.29, 0.717) is 45.9 Å². The number of thioether (sulfide) groups is 1. The van der Waals surface area contributed by atoms with Crippen molar-refractivity contribution in [1.29, 1.82) is 0 Å². The van der Waals surface area contributed by atoms with Gasteiger partial charge < -0.3 is 14.8 Å². The minimum absolute atomic E-state index is 0.0373. The Labute approximate surface area is 189 Å². The summed E-state index contributed by atoms with van der Waals surface area (Å²) in [5.41, 5.74) is 1.47. The summed E-state index contributed by atoms with van der Waals surface area (Å²) in [6.07, 6.45) is 0.869. The van der Waals surface area contributed by atoms with Crippen molar-refractivity contribution in [2.45, 2.75) is 38.5 Å². The molecule has 3 rings (SSSR count). The summed E-state index contributed by atoms with van der Waals surface area (Å²) in [6, 6.07) is 7.38. The Morgan fingerprint density at radius 2 is 2.06 bits per heavy atom. The Balaban J connectivity index is 1.70. The monoisotopic (exact) mass is 461 g/mol. The molecule has 0 bridgehead atoms. The summed E-state index contributed by atoms with van der Waals surface area (Å²) in [5, 5.41) is 5.35. The first kappa shape index (κ1) is 23.1. The standard InChI is InChI=1S/C22H27N3O4S2/c1-14(2)8-10-25-21(27)20-16(9-11-30-20)24-22(25)31-13-18(26)23-12-15-6-5-7-17(28-3)19(15)29-4/h5-7,9,11,14H,8,10,12-13H2,1-4H3,(H,23,26). The number of ether oxygens (including phenoxy) is 2. The SMILES string of the molecule is COc1cccc(CNC(=O)CSc2nc3ccsc3c(=O)n2CCC(C)C)c1OC. The molecular formula is C22H27N3O4S2. The van der Waals surface area contributed by atoms with Crippen molar-refractivity contribution in [2.75, 3.05) is 20.0 Å². The molecule has 0 fully saturated rings. The third kappa shape index (κ3) is 5.59. The molecule has 0 aliphatic carbocycles. The first-order valence-corrected chi connectivity index (χ1v) is 11.9. The second-order valence-corrected chi connectivity index (χ2v) is 9.25. The third-order valence-corrected chi connectivity index (χ3v) is 6.62. The second kappa shape index (κ2) is 10.7. The zero-order valence-electron chi connectivity index (χ0n) is 18.1. The van der Waals surface area contributed by atoms with E-state index in [4.69, 9.17) is 9.47 Å². The van der Waals surface area contributed by atoms with Crippen LogP contribution in [0.25, 0.3) is 10.2 Å². The summed E-state index contributed by atoms with van der Waals surface area (Å²) >= 11 is 2.68. The fourth-order valence-corrected chi connectivity index (χ4v) is 4.72. The van der Waals surface area contributed by atoms with Crippen molar-refractivity contribution in [3.05, 3.63) is 45.6 Å². The normalized spacial score (nSPS) is 11.1. The van der Waals surface area contributed by atoms with Gasteiger partial charge in [-0.25, -0.2) is 4.98 Å². The van der Waals surface area contributed by atoms with E-state index < -0.39 is 0 Å². The number of carbonyl (C=O) groups is 1. The second-order valence-electron chi connectivity index (χ2n) is 7.39. The first-order chi connectivity index (χ1) is 14.9. The summed E-state index contributed by atoms with van der Waals surface area (Å²) in [7, 11) is 3.15. The van der Waals surface area contributed by atoms with E-state index >= 15 is 0 Å². The molecule has 9 heteroatoms. The lowest BCUT2D eigenvalue weighted by atomic mass is 10.1. The van der Waals surface area contributed by atoms with Gasteiger partial charge in [0, 0.05) is 18.7 Å². The highest BCUT2D eigenvalue weighted by Crippen LogP contribution is 2.30. The van der Waals surface area contributed by atoms with Crippen LogP contribution < -0.4 is 20.3 Å². The molecular weight excluding hydrogens is 434 g/mol. The number of nitrogens with zero attached hydrogens (tertiary/aromatic N) is 2. The maximum atomic E-state index is 12.9. The van der Waals surface area contributed by atoms with E-state index in [2.05, 4.69) is 24.1 Å². The first-order valence-electron chi connectivity index (χ1n) is 10.0. The highest BCUT2D eigenvalue weighted by Gasteiger charge is 2.15. The zero-order chi connectivity index (χ0) is 22.4. The van der Waals surface area contributed by atoms with Gasteiger partial charge in [0.1, 0.15) is 4.70 Å². The zero-order valence-corrected chi connectivity index (χ0v) is 19.8. The van der Waals surface area contributed by atoms with Gasteiger partial charge in [-0.3, -0.25) is 14.2 Å². The Kier molecular flexibility index (Phi) is 7.97. The Morgan fingerprint density at radius 3 is 2.77 bits per heavy atom. The molecule has 2 aromatic heterocycles. The van der Waals surface area contributed by atoms with Gasteiger partial charge in [-0.05, 0) is 29.9 Å². The topological polar surface area (TPSA) is 82.5 Å². The third-order valence-electron chi connectivity index (χ3n) is 4.75. The number of carbonyl (C=O) groups excluding carboxylic acids is 1. The van der Waals surface area contributed by atoms with Gasteiger partial charge in [-0.1, -0.05) is 37.7 Å². The Morgan fingerprint density at radius 1 is 1.26 bits per heavy atom. The lowest BCUT2D eigenvalue weighted by Crippen LogP contribution is -2.27. The fourth-order valence-electron chi connectivity index (χ4n) is 3.09. The average Bonchev–Trinajstić information content (AvgIpc) is 3.24. The van der Waals surface area contributed by atoms with E-state index in [-0.39, 0.29) is 17.2 Å². The van der Waals surface area contributed by atoms with Crippen LogP contribution in [-0.2, 0) is 17.9 Å². The molecule has 31 heavy (non-hydrogen) atoms. The number of amides is 1. The van der Waals surface area contributed by atoms with Crippen molar-refractivity contribution in [2.24, 2.45) is 5.92 Å². The van der Waals surface area contributed by atoms with Gasteiger partial charge in [0.15, 0.2) is 16.7 Å². The van der Waals surface area contributed by atoms with Gasteiger partial charge >= 0.3 is 0 Å². The molecule has 7 nitrogen and oxygen atoms in total. The molecule has 1 amide bonds. The molecule has 3 aromatic rings. The Hall–Kier alpha value is -2.52. The number of fused-ring (bicyclic) bond motifs is 1. The van der Waals surface area contributed by atoms with Gasteiger partial charge in [0.2, 0.25) is 5.91 Å². The van der Waals surface area contributed by atoms with Crippen LogP contribution in [-0.4, -0.2) is 35.4 Å². The summed E-state index contributed by atoms with van der Waals surface area (Å²) in [5.74, 6) is 1.70. The molecule has 0 atom stereocenters. The molecule has 0 saturated heterocycles. The number of hydrogen-bond donors (Lipinski definition) is 1. The molecule has 0 aliphatic rings. The number of hydrogen-bond acceptors (Lipinski definition) is 7. The van der Waals surface area contributed by atoms with Crippen molar-refractivity contribution in [3.63, 3.8) is 0 Å². The molecule has 1 N–H and O–H groups in total. The number of benzene rings is 1. The maximum Gasteiger partial charge on any atom is 0.272 e. The number of rotatable bonds is 10. The van der Waals surface area contributed by atoms with Crippen molar-refractivity contribution in [3.8, 4) is 11.5 Å². The van der Waals surface area contributed by atoms with Gasteiger partial charge in [-0.15, -0.1) is 11.3 Å². The van der Waals surface area contributed by atoms with Crippen LogP contribution >= 0.6 is 23.1 Å². The van der Waals surface area contributed by atoms with Crippen LogP contribution in [0.5, 0.6) is 11.5 Å². The van der Waals surface area contributed by atoms with Gasteiger partial charge in [0.05, 0.1) is 25.5 Å². The quantitative estimate of drug-likeness (QED) is 0.364. The summed E-state index contributed by atoms with van der Waals surface area (Å²) in [6.45, 7) is 5.14. The molecule has 0 saturated carbocycles. The predicted octanol–water partition coefficient (Wildman–Crippen LogP) is 3.93. The van der Waals surface area contributed by atoms with Crippen molar-refractivity contribution in [1.82, 2.24) is 14.9 Å². The molecule has 0 aliphatic heterocycles. The van der Waals surface area contributed by atoms with Gasteiger partial charge in [0.25, 0.3) is 5.56 Å². The number of thiophene rings is 1. The lowest BCUT2D eigenvalue weighted by molar-refractivity contribution is -0.118. The van der Waals surface area contributed by atoms with Crippen LogP contribution in [0.4, 0.5) is 0 Å². The predicted molar refractivity (Wildman–Crippen MR) is 125 cm³/mol. The van der Waals surface area contributed by atoms with E-state index in [1.165, 1.54) is 23.1 Å². The van der Waals surface area contributed by atoms with E-state index in [1.807, 2.05) is 29.6 Å². The minimum Gasteiger partial charge on any atom is -0.493 e. The minimum atomic E-state index is -0.148. The van der Waals surface area contributed by atoms with E-state index in [1.54, 1.807) is 18.8 Å². The van der Waals surface area contributed by atoms with E-state index in [9.17, 15) is 9.59 Å². The van der Waals surface area contributed by atoms with Crippen LogP contribution in [0.3, 0.4) is 0 Å². The molecule has 0 spiro atoms. The lowest BCUT2D eigenvalue weighted by Gasteiger charge is -2.14. The number of aromatic nitrogens is 2. The highest BCUT2D eigenvalue weighted by molar-refractivity contribution is 7.99. The van der Waals surface area contributed by atoms with Crippen LogP contribution in [0.1, 0.15) is 25.8 Å². The fraction of sp³-hybridized carbons (Fsp3) is 0.409. The van der Waals surface area contributed by atoms with Crippen LogP contribution in [0, 0.1) is 5.92 Å². The summed E-state index contributed by atoms with van der Waals surface area (Å²) in [4.78, 5) is 30.0. The molecule has 0 unspecified atom stereocenters. The highest BCUT2D eigenvalue weighted by atomic mass is 32.2. The molecule has 1 aromatic carbocycles. The smallest absolute Gasteiger partial charge is 0.272 e. The summed E-state index contributed by atoms with van der Waals surface area (Å²) < 4.78 is 13.1. The average molecular weight is 462 g/mol.